The maximum Gasteiger partial charge on any atom is 0.270 e. The summed E-state index contributed by atoms with van der Waals surface area (Å²) in [6.07, 6.45) is 7.70. The first-order chi connectivity index (χ1) is 14.9. The maximum absolute atomic E-state index is 12.9. The van der Waals surface area contributed by atoms with Gasteiger partial charge in [0.25, 0.3) is 17.5 Å². The van der Waals surface area contributed by atoms with Crippen LogP contribution in [0.4, 0.5) is 5.69 Å². The van der Waals surface area contributed by atoms with E-state index in [0.717, 1.165) is 17.9 Å². The largest absolute Gasteiger partial charge is 0.455 e. The zero-order valence-corrected chi connectivity index (χ0v) is 16.9. The molecule has 2 heterocycles. The molecule has 2 bridgehead atoms. The van der Waals surface area contributed by atoms with Gasteiger partial charge in [-0.2, -0.15) is 10.1 Å². The smallest absolute Gasteiger partial charge is 0.270 e. The number of imide groups is 1. The van der Waals surface area contributed by atoms with Crippen LogP contribution in [0.3, 0.4) is 0 Å². The Hall–Kier alpha value is -3.26. The average Bonchev–Trinajstić information content (AvgIpc) is 3.03. The third-order valence-corrected chi connectivity index (χ3v) is 7.51. The van der Waals surface area contributed by atoms with Crippen molar-refractivity contribution in [3.05, 3.63) is 63.4 Å². The van der Waals surface area contributed by atoms with Crippen molar-refractivity contribution in [2.24, 2.45) is 34.2 Å². The van der Waals surface area contributed by atoms with Gasteiger partial charge < -0.3 is 4.42 Å². The number of nitro groups is 1. The van der Waals surface area contributed by atoms with E-state index in [9.17, 15) is 19.7 Å². The number of fused-ring (bicyclic) bond motifs is 3. The number of halogens is 1. The molecular weight excluding hydrogens is 422 g/mol. The number of amides is 2. The molecule has 2 aromatic rings. The fourth-order valence-electron chi connectivity index (χ4n) is 5.67. The average molecular weight is 438 g/mol. The number of nitro benzene ring substituents is 1. The number of hydrogen-bond donors (Lipinski definition) is 0. The van der Waals surface area contributed by atoms with Crippen molar-refractivity contribution < 1.29 is 18.9 Å². The highest BCUT2D eigenvalue weighted by Crippen LogP contribution is 2.73. The predicted molar refractivity (Wildman–Crippen MR) is 110 cm³/mol. The van der Waals surface area contributed by atoms with E-state index < -0.39 is 4.92 Å². The van der Waals surface area contributed by atoms with Crippen LogP contribution in [-0.2, 0) is 9.59 Å². The zero-order chi connectivity index (χ0) is 21.5. The lowest BCUT2D eigenvalue weighted by atomic mass is 9.85. The first kappa shape index (κ1) is 18.5. The Morgan fingerprint density at radius 2 is 1.81 bits per heavy atom. The number of furan rings is 1. The van der Waals surface area contributed by atoms with E-state index in [1.54, 1.807) is 12.1 Å². The van der Waals surface area contributed by atoms with E-state index >= 15 is 0 Å². The van der Waals surface area contributed by atoms with Crippen LogP contribution in [0.2, 0.25) is 5.02 Å². The van der Waals surface area contributed by atoms with Crippen LogP contribution >= 0.6 is 11.6 Å². The molecule has 6 rings (SSSR count). The second kappa shape index (κ2) is 6.13. The SMILES string of the molecule is O=C1[C@H]2[C@H](C(=O)N1/N=C\c1ccc(-c3cc([N+](=O)[O-])ccc3Cl)o1)[C@H]1C=C[C@H]2C12CC2. The third-order valence-electron chi connectivity index (χ3n) is 7.18. The Balaban J connectivity index is 1.24. The second-order valence-electron chi connectivity index (χ2n) is 8.58. The number of allylic oxidation sites excluding steroid dienone is 2. The lowest BCUT2D eigenvalue weighted by Crippen LogP contribution is -2.30. The minimum atomic E-state index is -0.514. The lowest BCUT2D eigenvalue weighted by molar-refractivity contribution is -0.384. The molecule has 1 aromatic carbocycles. The Labute approximate surface area is 181 Å². The lowest BCUT2D eigenvalue weighted by Gasteiger charge is -2.18. The molecule has 4 atom stereocenters. The van der Waals surface area contributed by atoms with Gasteiger partial charge in [-0.3, -0.25) is 19.7 Å². The summed E-state index contributed by atoms with van der Waals surface area (Å²) in [7, 11) is 0. The number of carbonyl (C=O) groups is 2. The number of non-ortho nitro benzene ring substituents is 1. The van der Waals surface area contributed by atoms with E-state index in [1.165, 1.54) is 24.4 Å². The Bertz CT molecular complexity index is 1190. The first-order valence-electron chi connectivity index (χ1n) is 10.0. The van der Waals surface area contributed by atoms with E-state index in [2.05, 4.69) is 17.3 Å². The van der Waals surface area contributed by atoms with Gasteiger partial charge in [-0.05, 0) is 48.3 Å². The van der Waals surface area contributed by atoms with Crippen LogP contribution in [0.5, 0.6) is 0 Å². The minimum absolute atomic E-state index is 0.109. The van der Waals surface area contributed by atoms with Gasteiger partial charge in [-0.15, -0.1) is 0 Å². The summed E-state index contributed by atoms with van der Waals surface area (Å²) in [5.41, 5.74) is 0.405. The van der Waals surface area contributed by atoms with Gasteiger partial charge in [0.15, 0.2) is 0 Å². The monoisotopic (exact) mass is 437 g/mol. The van der Waals surface area contributed by atoms with Crippen molar-refractivity contribution in [3.8, 4) is 11.3 Å². The summed E-state index contributed by atoms with van der Waals surface area (Å²) in [6, 6.07) is 7.28. The molecule has 0 unspecified atom stereocenters. The van der Waals surface area contributed by atoms with Gasteiger partial charge in [0.05, 0.1) is 28.0 Å². The molecule has 4 aliphatic rings. The molecule has 2 saturated carbocycles. The highest BCUT2D eigenvalue weighted by Gasteiger charge is 2.73. The van der Waals surface area contributed by atoms with Gasteiger partial charge in [0.2, 0.25) is 0 Å². The van der Waals surface area contributed by atoms with Crippen molar-refractivity contribution in [1.82, 2.24) is 5.01 Å². The molecule has 1 spiro atoms. The van der Waals surface area contributed by atoms with E-state index in [-0.39, 0.29) is 46.6 Å². The summed E-state index contributed by atoms with van der Waals surface area (Å²) in [5, 5.41) is 16.4. The van der Waals surface area contributed by atoms with Crippen molar-refractivity contribution in [2.75, 3.05) is 0 Å². The van der Waals surface area contributed by atoms with Gasteiger partial charge in [-0.25, -0.2) is 0 Å². The fraction of sp³-hybridized carbons (Fsp3) is 0.318. The van der Waals surface area contributed by atoms with Gasteiger partial charge in [0.1, 0.15) is 11.5 Å². The summed E-state index contributed by atoms with van der Waals surface area (Å²) >= 11 is 6.16. The summed E-state index contributed by atoms with van der Waals surface area (Å²) in [6.45, 7) is 0. The molecule has 2 amide bonds. The van der Waals surface area contributed by atoms with E-state index in [1.807, 2.05) is 0 Å². The molecule has 1 aromatic heterocycles. The molecule has 8 nitrogen and oxygen atoms in total. The molecule has 3 fully saturated rings. The Morgan fingerprint density at radius 3 is 2.42 bits per heavy atom. The van der Waals surface area contributed by atoms with Crippen molar-refractivity contribution in [3.63, 3.8) is 0 Å². The highest BCUT2D eigenvalue weighted by atomic mass is 35.5. The molecule has 0 N–H and O–H groups in total. The van der Waals surface area contributed by atoms with Crippen LogP contribution in [0.1, 0.15) is 18.6 Å². The molecule has 1 aliphatic heterocycles. The topological polar surface area (TPSA) is 106 Å². The number of nitrogens with zero attached hydrogens (tertiary/aromatic N) is 3. The van der Waals surface area contributed by atoms with Crippen molar-refractivity contribution in [1.29, 1.82) is 0 Å². The van der Waals surface area contributed by atoms with Crippen molar-refractivity contribution >= 4 is 35.3 Å². The summed E-state index contributed by atoms with van der Waals surface area (Å²) in [5.74, 6) is -0.198. The molecule has 156 valence electrons. The normalized spacial score (nSPS) is 29.5. The van der Waals surface area contributed by atoms with E-state index in [4.69, 9.17) is 16.0 Å². The van der Waals surface area contributed by atoms with Crippen LogP contribution < -0.4 is 0 Å². The standard InChI is InChI=1S/C22H16ClN3O5/c23-16-5-1-11(26(29)30)9-13(16)17-6-2-12(31-17)10-24-25-20(27)18-14-3-4-15(19(18)21(25)28)22(14)7-8-22/h1-6,9-10,14-15,18-19H,7-8H2/b24-10-/t14-,15-,18-,19-/m1/s1. The van der Waals surface area contributed by atoms with E-state index in [0.29, 0.717) is 22.1 Å². The van der Waals surface area contributed by atoms with Gasteiger partial charge >= 0.3 is 0 Å². The van der Waals surface area contributed by atoms with Crippen molar-refractivity contribution in [2.45, 2.75) is 12.8 Å². The van der Waals surface area contributed by atoms with Crippen LogP contribution in [0.25, 0.3) is 11.3 Å². The van der Waals surface area contributed by atoms with Crippen LogP contribution in [0.15, 0.2) is 52.0 Å². The summed E-state index contributed by atoms with van der Waals surface area (Å²) < 4.78 is 5.69. The summed E-state index contributed by atoms with van der Waals surface area (Å²) in [4.78, 5) is 36.4. The fourth-order valence-corrected chi connectivity index (χ4v) is 5.88. The zero-order valence-electron chi connectivity index (χ0n) is 16.1. The number of hydrazone groups is 1. The molecule has 31 heavy (non-hydrogen) atoms. The van der Waals surface area contributed by atoms with Crippen LogP contribution in [0, 0.1) is 39.2 Å². The second-order valence-corrected chi connectivity index (χ2v) is 8.98. The minimum Gasteiger partial charge on any atom is -0.455 e. The predicted octanol–water partition coefficient (Wildman–Crippen LogP) is 4.04. The molecule has 0 radical (unpaired) electrons. The number of benzene rings is 1. The maximum atomic E-state index is 12.9. The number of carbonyl (C=O) groups excluding carboxylic acids is 2. The van der Waals surface area contributed by atoms with Gasteiger partial charge in [0, 0.05) is 17.7 Å². The van der Waals surface area contributed by atoms with Gasteiger partial charge in [-0.1, -0.05) is 23.8 Å². The van der Waals surface area contributed by atoms with Crippen LogP contribution in [-0.4, -0.2) is 28.0 Å². The molecular formula is C22H16ClN3O5. The Kier molecular flexibility index (Phi) is 3.66. The molecule has 1 saturated heterocycles. The Morgan fingerprint density at radius 1 is 1.13 bits per heavy atom. The first-order valence-corrected chi connectivity index (χ1v) is 10.4. The number of rotatable bonds is 4. The third kappa shape index (κ3) is 2.45. The quantitative estimate of drug-likeness (QED) is 0.236. The molecule has 9 heteroatoms. The number of hydrogen-bond acceptors (Lipinski definition) is 6. The highest BCUT2D eigenvalue weighted by molar-refractivity contribution is 6.33. The molecule has 3 aliphatic carbocycles.